The number of aliphatic hydroxyl groups excluding tert-OH is 1. The number of aliphatic hydroxyl groups is 1. The molecule has 1 aliphatic rings. The zero-order valence-electron chi connectivity index (χ0n) is 17.4. The molecule has 1 amide bonds. The summed E-state index contributed by atoms with van der Waals surface area (Å²) in [5.41, 5.74) is -1.02. The Hall–Kier alpha value is -3.16. The van der Waals surface area contributed by atoms with E-state index < -0.39 is 43.5 Å². The Bertz CT molecular complexity index is 1260. The number of halogens is 4. The zero-order chi connectivity index (χ0) is 25.3. The number of hydrogen-bond donors (Lipinski definition) is 2. The third-order valence-electron chi connectivity index (χ3n) is 4.78. The van der Waals surface area contributed by atoms with Crippen molar-refractivity contribution in [2.24, 2.45) is 0 Å². The van der Waals surface area contributed by atoms with Gasteiger partial charge in [-0.25, -0.2) is 18.2 Å². The molecule has 9 nitrogen and oxygen atoms in total. The summed E-state index contributed by atoms with van der Waals surface area (Å²) in [7, 11) is -3.21. The number of aromatic nitrogens is 1. The van der Waals surface area contributed by atoms with Crippen LogP contribution in [-0.4, -0.2) is 62.1 Å². The lowest BCUT2D eigenvalue weighted by Gasteiger charge is -2.15. The first-order valence-corrected chi connectivity index (χ1v) is 11.3. The molecular formula is C20H17ClF3N3O6S. The van der Waals surface area contributed by atoms with Gasteiger partial charge in [-0.2, -0.15) is 13.2 Å². The highest BCUT2D eigenvalue weighted by molar-refractivity contribution is 7.91. The number of alkyl halides is 3. The molecule has 14 heteroatoms. The van der Waals surface area contributed by atoms with Crippen molar-refractivity contribution < 1.29 is 41.0 Å². The fourth-order valence-electron chi connectivity index (χ4n) is 3.10. The lowest BCUT2D eigenvalue weighted by Crippen LogP contribution is -2.31. The van der Waals surface area contributed by atoms with Gasteiger partial charge in [-0.05, 0) is 30.3 Å². The first-order valence-electron chi connectivity index (χ1n) is 9.46. The van der Waals surface area contributed by atoms with Crippen LogP contribution in [0, 0.1) is 0 Å². The number of esters is 1. The number of pyridine rings is 1. The highest BCUT2D eigenvalue weighted by atomic mass is 35.5. The molecule has 0 spiro atoms. The van der Waals surface area contributed by atoms with E-state index in [4.69, 9.17) is 16.7 Å². The molecular weight excluding hydrogens is 503 g/mol. The molecule has 34 heavy (non-hydrogen) atoms. The van der Waals surface area contributed by atoms with Gasteiger partial charge in [0.1, 0.15) is 5.70 Å². The van der Waals surface area contributed by atoms with Gasteiger partial charge in [0.2, 0.25) is 9.84 Å². The molecule has 0 aliphatic carbocycles. The average Bonchev–Trinajstić information content (AvgIpc) is 3.08. The monoisotopic (exact) mass is 519 g/mol. The van der Waals surface area contributed by atoms with E-state index in [1.165, 1.54) is 17.0 Å². The maximum absolute atomic E-state index is 12.8. The number of nitrogens with one attached hydrogen (secondary N) is 1. The lowest BCUT2D eigenvalue weighted by molar-refractivity contribution is -0.138. The van der Waals surface area contributed by atoms with Gasteiger partial charge in [-0.3, -0.25) is 4.79 Å². The van der Waals surface area contributed by atoms with Crippen LogP contribution in [0.4, 0.5) is 18.9 Å². The molecule has 0 unspecified atom stereocenters. The Morgan fingerprint density at radius 2 is 1.94 bits per heavy atom. The van der Waals surface area contributed by atoms with E-state index in [0.717, 1.165) is 19.2 Å². The molecule has 0 bridgehead atoms. The van der Waals surface area contributed by atoms with Gasteiger partial charge in [0, 0.05) is 18.4 Å². The van der Waals surface area contributed by atoms with Gasteiger partial charge in [0.15, 0.2) is 5.03 Å². The molecule has 2 N–H and O–H groups in total. The van der Waals surface area contributed by atoms with Crippen LogP contribution in [0.15, 0.2) is 57.7 Å². The number of carbonyl (C=O) groups excluding carboxylic acids is 2. The first kappa shape index (κ1) is 25.5. The molecule has 1 aromatic heterocycles. The number of rotatable bonds is 7. The van der Waals surface area contributed by atoms with Crippen LogP contribution in [0.2, 0.25) is 5.02 Å². The van der Waals surface area contributed by atoms with Gasteiger partial charge in [0.25, 0.3) is 5.91 Å². The Labute approximate surface area is 196 Å². The minimum absolute atomic E-state index is 0.0113. The predicted molar refractivity (Wildman–Crippen MR) is 112 cm³/mol. The Morgan fingerprint density at radius 3 is 2.47 bits per heavy atom. The fraction of sp³-hybridized carbons (Fsp3) is 0.250. The first-order chi connectivity index (χ1) is 15.9. The summed E-state index contributed by atoms with van der Waals surface area (Å²) >= 11 is 5.77. The third kappa shape index (κ3) is 5.00. The van der Waals surface area contributed by atoms with E-state index in [9.17, 15) is 31.2 Å². The molecule has 0 saturated carbocycles. The molecule has 2 heterocycles. The minimum Gasteiger partial charge on any atom is -0.466 e. The normalized spacial score (nSPS) is 14.5. The molecule has 3 rings (SSSR count). The molecule has 0 radical (unpaired) electrons. The van der Waals surface area contributed by atoms with Gasteiger partial charge in [0.05, 0.1) is 41.3 Å². The Kier molecular flexibility index (Phi) is 7.19. The maximum Gasteiger partial charge on any atom is 0.417 e. The maximum atomic E-state index is 12.8. The van der Waals surface area contributed by atoms with Crippen molar-refractivity contribution in [3.63, 3.8) is 0 Å². The number of nitrogens with zero attached hydrogens (tertiary/aromatic N) is 2. The molecule has 1 aliphatic heterocycles. The van der Waals surface area contributed by atoms with Crippen LogP contribution in [0.5, 0.6) is 0 Å². The average molecular weight is 520 g/mol. The molecule has 0 saturated heterocycles. The number of methoxy groups -OCH3 is 1. The van der Waals surface area contributed by atoms with Crippen molar-refractivity contribution in [3.8, 4) is 0 Å². The summed E-state index contributed by atoms with van der Waals surface area (Å²) in [6.07, 6.45) is -4.37. The topological polar surface area (TPSA) is 126 Å². The van der Waals surface area contributed by atoms with Crippen LogP contribution >= 0.6 is 11.6 Å². The van der Waals surface area contributed by atoms with Crippen molar-refractivity contribution in [2.75, 3.05) is 32.1 Å². The highest BCUT2D eigenvalue weighted by Gasteiger charge is 2.35. The van der Waals surface area contributed by atoms with Crippen molar-refractivity contribution in [1.29, 1.82) is 0 Å². The quantitative estimate of drug-likeness (QED) is 0.534. The van der Waals surface area contributed by atoms with E-state index >= 15 is 0 Å². The number of amides is 1. The van der Waals surface area contributed by atoms with Gasteiger partial charge in [-0.1, -0.05) is 11.6 Å². The van der Waals surface area contributed by atoms with Crippen LogP contribution < -0.4 is 5.32 Å². The van der Waals surface area contributed by atoms with Crippen LogP contribution in [0.1, 0.15) is 5.56 Å². The molecule has 0 atom stereocenters. The minimum atomic E-state index is -4.74. The van der Waals surface area contributed by atoms with E-state index in [1.807, 2.05) is 0 Å². The second kappa shape index (κ2) is 9.60. The largest absolute Gasteiger partial charge is 0.466 e. The molecule has 0 fully saturated rings. The number of β-amino-alcohol motifs (C(OH)–C–C–N with tert-alkyl or cyclic N) is 1. The third-order valence-corrected chi connectivity index (χ3v) is 6.90. The van der Waals surface area contributed by atoms with Crippen LogP contribution in [0.3, 0.4) is 0 Å². The molecule has 182 valence electrons. The SMILES string of the molecule is COC(=O)C1=C(Nc2ccc(S(=O)(=O)c3ncc(C(F)(F)F)cc3Cl)cc2)C(=O)N(CCO)C1. The Balaban J connectivity index is 1.89. The fourth-order valence-corrected chi connectivity index (χ4v) is 4.80. The van der Waals surface area contributed by atoms with E-state index in [-0.39, 0.29) is 41.5 Å². The summed E-state index contributed by atoms with van der Waals surface area (Å²) in [6.45, 7) is -0.415. The van der Waals surface area contributed by atoms with E-state index in [1.54, 1.807) is 0 Å². The van der Waals surface area contributed by atoms with Gasteiger partial charge < -0.3 is 20.1 Å². The second-order valence-corrected chi connectivity index (χ2v) is 9.23. The van der Waals surface area contributed by atoms with Crippen molar-refractivity contribution in [3.05, 3.63) is 58.4 Å². The van der Waals surface area contributed by atoms with E-state index in [0.29, 0.717) is 12.3 Å². The number of anilines is 1. The number of carbonyl (C=O) groups is 2. The number of ether oxygens (including phenoxy) is 1. The van der Waals surface area contributed by atoms with Crippen molar-refractivity contribution in [2.45, 2.75) is 16.1 Å². The standard InChI is InChI=1S/C20H17ClF3N3O6S/c1-33-19(30)14-10-27(6-7-28)18(29)16(14)26-12-2-4-13(5-3-12)34(31,32)17-15(21)8-11(9-25-17)20(22,23)24/h2-5,8-9,26,28H,6-7,10H2,1H3. The van der Waals surface area contributed by atoms with Gasteiger partial charge in [-0.15, -0.1) is 0 Å². The van der Waals surface area contributed by atoms with Crippen LogP contribution in [0.25, 0.3) is 0 Å². The summed E-state index contributed by atoms with van der Waals surface area (Å²) in [5.74, 6) is -1.31. The lowest BCUT2D eigenvalue weighted by atomic mass is 10.2. The summed E-state index contributed by atoms with van der Waals surface area (Å²) in [4.78, 5) is 28.9. The van der Waals surface area contributed by atoms with Crippen molar-refractivity contribution >= 4 is 39.0 Å². The predicted octanol–water partition coefficient (Wildman–Crippen LogP) is 2.26. The molecule has 2 aromatic rings. The summed E-state index contributed by atoms with van der Waals surface area (Å²) in [5, 5.41) is 10.4. The summed E-state index contributed by atoms with van der Waals surface area (Å²) < 4.78 is 68.7. The highest BCUT2D eigenvalue weighted by Crippen LogP contribution is 2.34. The Morgan fingerprint density at radius 1 is 1.29 bits per heavy atom. The van der Waals surface area contributed by atoms with Gasteiger partial charge >= 0.3 is 12.1 Å². The van der Waals surface area contributed by atoms with E-state index in [2.05, 4.69) is 15.0 Å². The van der Waals surface area contributed by atoms with Crippen molar-refractivity contribution in [1.82, 2.24) is 9.88 Å². The van der Waals surface area contributed by atoms with Crippen LogP contribution in [-0.2, 0) is 30.3 Å². The molecule has 1 aromatic carbocycles. The summed E-state index contributed by atoms with van der Waals surface area (Å²) in [6, 6.07) is 5.32. The number of sulfone groups is 1. The second-order valence-electron chi connectivity index (χ2n) is 6.96. The number of hydrogen-bond acceptors (Lipinski definition) is 8. The zero-order valence-corrected chi connectivity index (χ0v) is 19.0. The smallest absolute Gasteiger partial charge is 0.417 e. The number of benzene rings is 1.